The Hall–Kier alpha value is -1.10. The lowest BCUT2D eigenvalue weighted by Gasteiger charge is -2.26. The van der Waals surface area contributed by atoms with Crippen molar-refractivity contribution < 1.29 is 9.59 Å². The third-order valence-electron chi connectivity index (χ3n) is 3.91. The van der Waals surface area contributed by atoms with Gasteiger partial charge < -0.3 is 16.0 Å². The molecule has 2 amide bonds. The van der Waals surface area contributed by atoms with Crippen LogP contribution in [-0.2, 0) is 9.59 Å². The molecule has 5 heteroatoms. The van der Waals surface area contributed by atoms with Gasteiger partial charge in [0.25, 0.3) is 0 Å². The summed E-state index contributed by atoms with van der Waals surface area (Å²) in [6, 6.07) is -0.116. The third kappa shape index (κ3) is 4.47. The second-order valence-electron chi connectivity index (χ2n) is 7.43. The van der Waals surface area contributed by atoms with Gasteiger partial charge in [-0.1, -0.05) is 20.8 Å². The first kappa shape index (κ1) is 17.0. The Morgan fingerprint density at radius 2 is 2.00 bits per heavy atom. The van der Waals surface area contributed by atoms with Gasteiger partial charge in [-0.15, -0.1) is 0 Å². The number of hydrogen-bond donors (Lipinski definition) is 2. The maximum Gasteiger partial charge on any atom is 0.227 e. The van der Waals surface area contributed by atoms with E-state index in [1.807, 2.05) is 6.92 Å². The Morgan fingerprint density at radius 3 is 2.50 bits per heavy atom. The summed E-state index contributed by atoms with van der Waals surface area (Å²) in [6.07, 6.45) is 1.90. The van der Waals surface area contributed by atoms with Gasteiger partial charge in [0.2, 0.25) is 11.8 Å². The number of hydrogen-bond acceptors (Lipinski definition) is 3. The molecule has 1 fully saturated rings. The van der Waals surface area contributed by atoms with Gasteiger partial charge in [0.1, 0.15) is 0 Å². The number of nitrogens with two attached hydrogens (primary N) is 1. The highest BCUT2D eigenvalue weighted by Gasteiger charge is 2.41. The third-order valence-corrected chi connectivity index (χ3v) is 3.91. The first-order valence-electron chi connectivity index (χ1n) is 7.33. The van der Waals surface area contributed by atoms with Crippen molar-refractivity contribution in [3.05, 3.63) is 0 Å². The summed E-state index contributed by atoms with van der Waals surface area (Å²) in [5.74, 6) is 0.0705. The summed E-state index contributed by atoms with van der Waals surface area (Å²) in [7, 11) is 1.64. The monoisotopic (exact) mass is 283 g/mol. The van der Waals surface area contributed by atoms with Gasteiger partial charge in [-0.3, -0.25) is 9.59 Å². The first-order chi connectivity index (χ1) is 9.07. The van der Waals surface area contributed by atoms with Crippen LogP contribution in [0.25, 0.3) is 0 Å². The topological polar surface area (TPSA) is 75.4 Å². The molecule has 5 nitrogen and oxygen atoms in total. The molecule has 0 saturated carbocycles. The van der Waals surface area contributed by atoms with Crippen LogP contribution in [0.3, 0.4) is 0 Å². The second kappa shape index (κ2) is 6.12. The zero-order valence-electron chi connectivity index (χ0n) is 13.5. The zero-order valence-corrected chi connectivity index (χ0v) is 13.5. The SMILES string of the molecule is CNC(=O)C1(C)CCN(C(=O)CC(N)CC(C)(C)C)C1. The number of nitrogens with one attached hydrogen (secondary N) is 1. The molecule has 0 spiro atoms. The molecule has 0 aromatic heterocycles. The zero-order chi connectivity index (χ0) is 15.6. The number of amides is 2. The lowest BCUT2D eigenvalue weighted by atomic mass is 9.87. The van der Waals surface area contributed by atoms with Gasteiger partial charge >= 0.3 is 0 Å². The highest BCUT2D eigenvalue weighted by Crippen LogP contribution is 2.31. The van der Waals surface area contributed by atoms with Crippen LogP contribution >= 0.6 is 0 Å². The molecule has 0 aromatic rings. The van der Waals surface area contributed by atoms with Gasteiger partial charge in [0.05, 0.1) is 5.41 Å². The fourth-order valence-corrected chi connectivity index (χ4v) is 2.87. The van der Waals surface area contributed by atoms with E-state index in [4.69, 9.17) is 5.73 Å². The molecule has 3 N–H and O–H groups in total. The van der Waals surface area contributed by atoms with Crippen LogP contribution in [0.1, 0.15) is 47.0 Å². The van der Waals surface area contributed by atoms with Gasteiger partial charge in [-0.05, 0) is 25.2 Å². The molecule has 0 aromatic carbocycles. The fraction of sp³-hybridized carbons (Fsp3) is 0.867. The summed E-state index contributed by atoms with van der Waals surface area (Å²) >= 11 is 0. The molecule has 0 aliphatic carbocycles. The van der Waals surface area contributed by atoms with E-state index in [0.717, 1.165) is 6.42 Å². The van der Waals surface area contributed by atoms with Gasteiger partial charge in [0, 0.05) is 32.6 Å². The van der Waals surface area contributed by atoms with E-state index in [0.29, 0.717) is 25.9 Å². The largest absolute Gasteiger partial charge is 0.359 e. The van der Waals surface area contributed by atoms with Crippen molar-refractivity contribution in [1.82, 2.24) is 10.2 Å². The summed E-state index contributed by atoms with van der Waals surface area (Å²) in [6.45, 7) is 9.41. The summed E-state index contributed by atoms with van der Waals surface area (Å²) < 4.78 is 0. The van der Waals surface area contributed by atoms with E-state index in [2.05, 4.69) is 26.1 Å². The Balaban J connectivity index is 2.53. The number of likely N-dealkylation sites (tertiary alicyclic amines) is 1. The number of carbonyl (C=O) groups excluding carboxylic acids is 2. The molecular weight excluding hydrogens is 254 g/mol. The molecular formula is C15H29N3O2. The van der Waals surface area contributed by atoms with Crippen LogP contribution in [0.4, 0.5) is 0 Å². The van der Waals surface area contributed by atoms with E-state index >= 15 is 0 Å². The van der Waals surface area contributed by atoms with Crippen LogP contribution in [-0.4, -0.2) is 42.9 Å². The minimum Gasteiger partial charge on any atom is -0.359 e. The number of carbonyl (C=O) groups is 2. The maximum absolute atomic E-state index is 12.3. The minimum atomic E-state index is -0.460. The Labute approximate surface area is 122 Å². The summed E-state index contributed by atoms with van der Waals surface area (Å²) in [4.78, 5) is 25.9. The standard InChI is InChI=1S/C15H29N3O2/c1-14(2,3)9-11(16)8-12(19)18-7-6-15(4,10-18)13(20)17-5/h11H,6-10,16H2,1-5H3,(H,17,20). The Kier molecular flexibility index (Phi) is 5.19. The van der Waals surface area contributed by atoms with Crippen molar-refractivity contribution in [2.45, 2.75) is 53.0 Å². The minimum absolute atomic E-state index is 0.00629. The van der Waals surface area contributed by atoms with Crippen molar-refractivity contribution >= 4 is 11.8 Å². The van der Waals surface area contributed by atoms with Gasteiger partial charge in [0.15, 0.2) is 0 Å². The molecule has 1 aliphatic heterocycles. The number of nitrogens with zero attached hydrogens (tertiary/aromatic N) is 1. The van der Waals surface area contributed by atoms with Crippen molar-refractivity contribution in [3.63, 3.8) is 0 Å². The molecule has 1 saturated heterocycles. The lowest BCUT2D eigenvalue weighted by Crippen LogP contribution is -2.41. The number of rotatable bonds is 4. The normalized spacial score (nSPS) is 24.6. The molecule has 1 aliphatic rings. The van der Waals surface area contributed by atoms with Crippen LogP contribution in [0, 0.1) is 10.8 Å². The Morgan fingerprint density at radius 1 is 1.40 bits per heavy atom. The van der Waals surface area contributed by atoms with Crippen molar-refractivity contribution in [2.75, 3.05) is 20.1 Å². The van der Waals surface area contributed by atoms with E-state index in [9.17, 15) is 9.59 Å². The van der Waals surface area contributed by atoms with Crippen LogP contribution in [0.5, 0.6) is 0 Å². The highest BCUT2D eigenvalue weighted by atomic mass is 16.2. The predicted molar refractivity (Wildman–Crippen MR) is 80.0 cm³/mol. The van der Waals surface area contributed by atoms with E-state index in [1.54, 1.807) is 11.9 Å². The summed E-state index contributed by atoms with van der Waals surface area (Å²) in [5.41, 5.74) is 5.72. The van der Waals surface area contributed by atoms with Crippen LogP contribution in [0.2, 0.25) is 0 Å². The van der Waals surface area contributed by atoms with Gasteiger partial charge in [-0.25, -0.2) is 0 Å². The van der Waals surface area contributed by atoms with E-state index < -0.39 is 5.41 Å². The predicted octanol–water partition coefficient (Wildman–Crippen LogP) is 1.12. The molecule has 116 valence electrons. The molecule has 2 atom stereocenters. The van der Waals surface area contributed by atoms with Crippen molar-refractivity contribution in [3.8, 4) is 0 Å². The average molecular weight is 283 g/mol. The van der Waals surface area contributed by atoms with Crippen LogP contribution in [0.15, 0.2) is 0 Å². The average Bonchev–Trinajstić information content (AvgIpc) is 2.69. The highest BCUT2D eigenvalue weighted by molar-refractivity contribution is 5.84. The molecule has 1 heterocycles. The maximum atomic E-state index is 12.3. The fourth-order valence-electron chi connectivity index (χ4n) is 2.87. The second-order valence-corrected chi connectivity index (χ2v) is 7.43. The van der Waals surface area contributed by atoms with Crippen molar-refractivity contribution in [1.29, 1.82) is 0 Å². The quantitative estimate of drug-likeness (QED) is 0.812. The van der Waals surface area contributed by atoms with Crippen molar-refractivity contribution in [2.24, 2.45) is 16.6 Å². The lowest BCUT2D eigenvalue weighted by molar-refractivity contribution is -0.132. The molecule has 0 bridgehead atoms. The molecule has 0 radical (unpaired) electrons. The first-order valence-corrected chi connectivity index (χ1v) is 7.33. The Bertz CT molecular complexity index is 376. The molecule has 2 unspecified atom stereocenters. The summed E-state index contributed by atoms with van der Waals surface area (Å²) in [5, 5.41) is 2.68. The van der Waals surface area contributed by atoms with Crippen LogP contribution < -0.4 is 11.1 Å². The molecule has 1 rings (SSSR count). The van der Waals surface area contributed by atoms with E-state index in [-0.39, 0.29) is 23.3 Å². The molecule has 20 heavy (non-hydrogen) atoms. The van der Waals surface area contributed by atoms with Gasteiger partial charge in [-0.2, -0.15) is 0 Å². The van der Waals surface area contributed by atoms with E-state index in [1.165, 1.54) is 0 Å². The smallest absolute Gasteiger partial charge is 0.227 e.